The van der Waals surface area contributed by atoms with E-state index in [0.717, 1.165) is 11.3 Å². The number of hydrogen-bond acceptors (Lipinski definition) is 4. The summed E-state index contributed by atoms with van der Waals surface area (Å²) in [4.78, 5) is 11.3. The summed E-state index contributed by atoms with van der Waals surface area (Å²) in [5.74, 6) is -0.187. The van der Waals surface area contributed by atoms with Crippen LogP contribution in [-0.4, -0.2) is 18.2 Å². The van der Waals surface area contributed by atoms with Gasteiger partial charge in [0.15, 0.2) is 0 Å². The average Bonchev–Trinajstić information content (AvgIpc) is 2.28. The van der Waals surface area contributed by atoms with E-state index in [0.29, 0.717) is 6.61 Å². The molecule has 1 amide bonds. The number of carbonyl (C=O) groups excluding carboxylic acids is 1. The molecule has 0 aliphatic heterocycles. The fourth-order valence-corrected chi connectivity index (χ4v) is 1.32. The second-order valence-electron chi connectivity index (χ2n) is 3.40. The summed E-state index contributed by atoms with van der Waals surface area (Å²) in [6, 6.07) is 6.98. The zero-order valence-electron chi connectivity index (χ0n) is 9.40. The van der Waals surface area contributed by atoms with Crippen molar-refractivity contribution < 1.29 is 8.98 Å². The molecule has 1 rings (SSSR count). The van der Waals surface area contributed by atoms with E-state index in [4.69, 9.17) is 9.92 Å². The van der Waals surface area contributed by atoms with Crippen LogP contribution in [0.5, 0.6) is 0 Å². The summed E-state index contributed by atoms with van der Waals surface area (Å²) >= 11 is 1.33. The molecule has 1 atom stereocenters. The number of nitrogens with one attached hydrogen (secondary N) is 1. The van der Waals surface area contributed by atoms with Crippen molar-refractivity contribution in [1.29, 1.82) is 0 Å². The molecule has 0 saturated heterocycles. The summed E-state index contributed by atoms with van der Waals surface area (Å²) in [5, 5.41) is 2.71. The Hall–Kier alpha value is -1.04. The molecule has 16 heavy (non-hydrogen) atoms. The summed E-state index contributed by atoms with van der Waals surface area (Å²) in [6.07, 6.45) is 1.87. The van der Waals surface area contributed by atoms with Crippen molar-refractivity contribution in [3.8, 4) is 0 Å². The zero-order chi connectivity index (χ0) is 12.0. The molecule has 3 N–H and O–H groups in total. The number of anilines is 1. The minimum Gasteiger partial charge on any atom is -0.325 e. The van der Waals surface area contributed by atoms with Crippen molar-refractivity contribution in [2.24, 2.45) is 5.73 Å². The molecule has 0 aliphatic rings. The molecular formula is C11H16N2O2S. The predicted octanol–water partition coefficient (Wildman–Crippen LogP) is 1.77. The van der Waals surface area contributed by atoms with Gasteiger partial charge < -0.3 is 15.2 Å². The zero-order valence-corrected chi connectivity index (χ0v) is 10.2. The monoisotopic (exact) mass is 240 g/mol. The van der Waals surface area contributed by atoms with E-state index in [1.807, 2.05) is 30.5 Å². The second kappa shape index (κ2) is 6.52. The van der Waals surface area contributed by atoms with Crippen molar-refractivity contribution >= 4 is 23.6 Å². The molecule has 0 unspecified atom stereocenters. The topological polar surface area (TPSA) is 64.3 Å². The summed E-state index contributed by atoms with van der Waals surface area (Å²) in [6.45, 7) is 2.21. The Labute approximate surface area is 99.8 Å². The van der Waals surface area contributed by atoms with Crippen LogP contribution in [0.3, 0.4) is 0 Å². The number of rotatable bonds is 5. The smallest absolute Gasteiger partial charge is 0.240 e. The summed E-state index contributed by atoms with van der Waals surface area (Å²) < 4.78 is 5.19. The van der Waals surface area contributed by atoms with Crippen molar-refractivity contribution in [2.75, 3.05) is 11.6 Å². The SMILES string of the molecule is CSOCc1ccc(NC(=O)[C@H](C)N)cc1. The van der Waals surface area contributed by atoms with E-state index in [2.05, 4.69) is 5.32 Å². The first-order valence-electron chi connectivity index (χ1n) is 4.94. The van der Waals surface area contributed by atoms with Gasteiger partial charge in [0.25, 0.3) is 0 Å². The highest BCUT2D eigenvalue weighted by atomic mass is 32.2. The van der Waals surface area contributed by atoms with Crippen molar-refractivity contribution in [3.63, 3.8) is 0 Å². The first kappa shape index (κ1) is 13.0. The first-order chi connectivity index (χ1) is 7.63. The Bertz CT molecular complexity index is 338. The van der Waals surface area contributed by atoms with Gasteiger partial charge >= 0.3 is 0 Å². The van der Waals surface area contributed by atoms with E-state index in [1.54, 1.807) is 6.92 Å². The van der Waals surface area contributed by atoms with Gasteiger partial charge in [-0.3, -0.25) is 4.79 Å². The van der Waals surface area contributed by atoms with Crippen molar-refractivity contribution in [3.05, 3.63) is 29.8 Å². The Morgan fingerprint density at radius 2 is 2.12 bits per heavy atom. The van der Waals surface area contributed by atoms with E-state index in [-0.39, 0.29) is 5.91 Å². The number of carbonyl (C=O) groups is 1. The number of hydrogen-bond donors (Lipinski definition) is 2. The fourth-order valence-electron chi connectivity index (χ4n) is 1.07. The Morgan fingerprint density at radius 3 is 2.62 bits per heavy atom. The molecule has 5 heteroatoms. The average molecular weight is 240 g/mol. The van der Waals surface area contributed by atoms with Crippen LogP contribution in [0.15, 0.2) is 24.3 Å². The fraction of sp³-hybridized carbons (Fsp3) is 0.364. The van der Waals surface area contributed by atoms with Gasteiger partial charge in [0, 0.05) is 11.9 Å². The van der Waals surface area contributed by atoms with Gasteiger partial charge in [0.2, 0.25) is 5.91 Å². The molecular weight excluding hydrogens is 224 g/mol. The highest BCUT2D eigenvalue weighted by molar-refractivity contribution is 7.93. The minimum atomic E-state index is -0.500. The molecule has 1 aromatic carbocycles. The third-order valence-electron chi connectivity index (χ3n) is 1.98. The summed E-state index contributed by atoms with van der Waals surface area (Å²) in [5.41, 5.74) is 7.25. The Kier molecular flexibility index (Phi) is 5.31. The molecule has 0 heterocycles. The molecule has 0 saturated carbocycles. The normalized spacial score (nSPS) is 12.2. The van der Waals surface area contributed by atoms with Crippen LogP contribution in [0.1, 0.15) is 12.5 Å². The number of nitrogens with two attached hydrogens (primary N) is 1. The lowest BCUT2D eigenvalue weighted by molar-refractivity contribution is -0.117. The molecule has 0 aromatic heterocycles. The van der Waals surface area contributed by atoms with Gasteiger partial charge in [-0.15, -0.1) is 0 Å². The van der Waals surface area contributed by atoms with Crippen LogP contribution < -0.4 is 11.1 Å². The minimum absolute atomic E-state index is 0.187. The molecule has 1 aromatic rings. The van der Waals surface area contributed by atoms with E-state index in [9.17, 15) is 4.79 Å². The van der Waals surface area contributed by atoms with Crippen LogP contribution in [0.25, 0.3) is 0 Å². The van der Waals surface area contributed by atoms with Gasteiger partial charge in [-0.05, 0) is 36.7 Å². The van der Waals surface area contributed by atoms with E-state index < -0.39 is 6.04 Å². The van der Waals surface area contributed by atoms with E-state index >= 15 is 0 Å². The predicted molar refractivity (Wildman–Crippen MR) is 67.0 cm³/mol. The molecule has 0 fully saturated rings. The molecule has 0 radical (unpaired) electrons. The second-order valence-corrected chi connectivity index (χ2v) is 3.97. The third-order valence-corrected chi connectivity index (χ3v) is 2.33. The van der Waals surface area contributed by atoms with Gasteiger partial charge in [0.1, 0.15) is 0 Å². The maximum atomic E-state index is 11.3. The van der Waals surface area contributed by atoms with Crippen LogP contribution >= 0.6 is 12.0 Å². The lowest BCUT2D eigenvalue weighted by atomic mass is 10.2. The van der Waals surface area contributed by atoms with Crippen molar-refractivity contribution in [2.45, 2.75) is 19.6 Å². The van der Waals surface area contributed by atoms with Crippen LogP contribution in [-0.2, 0) is 15.6 Å². The van der Waals surface area contributed by atoms with Crippen LogP contribution in [0.4, 0.5) is 5.69 Å². The quantitative estimate of drug-likeness (QED) is 0.770. The van der Waals surface area contributed by atoms with Crippen LogP contribution in [0.2, 0.25) is 0 Å². The summed E-state index contributed by atoms with van der Waals surface area (Å²) in [7, 11) is 0. The van der Waals surface area contributed by atoms with Gasteiger partial charge in [0.05, 0.1) is 12.6 Å². The maximum absolute atomic E-state index is 11.3. The van der Waals surface area contributed by atoms with Gasteiger partial charge in [-0.25, -0.2) is 0 Å². The Balaban J connectivity index is 2.54. The number of benzene rings is 1. The molecule has 0 bridgehead atoms. The molecule has 4 nitrogen and oxygen atoms in total. The third kappa shape index (κ3) is 4.22. The van der Waals surface area contributed by atoms with Gasteiger partial charge in [-0.1, -0.05) is 12.1 Å². The molecule has 88 valence electrons. The maximum Gasteiger partial charge on any atom is 0.240 e. The molecule has 0 aliphatic carbocycles. The highest BCUT2D eigenvalue weighted by Gasteiger charge is 2.06. The first-order valence-corrected chi connectivity index (χ1v) is 6.09. The van der Waals surface area contributed by atoms with Gasteiger partial charge in [-0.2, -0.15) is 0 Å². The highest BCUT2D eigenvalue weighted by Crippen LogP contribution is 2.12. The number of amides is 1. The largest absolute Gasteiger partial charge is 0.325 e. The standard InChI is InChI=1S/C11H16N2O2S/c1-8(12)11(14)13-10-5-3-9(4-6-10)7-15-16-2/h3-6,8H,7,12H2,1-2H3,(H,13,14)/t8-/m0/s1. The molecule has 0 spiro atoms. The van der Waals surface area contributed by atoms with E-state index in [1.165, 1.54) is 12.0 Å². The van der Waals surface area contributed by atoms with Crippen LogP contribution in [0, 0.1) is 0 Å². The lowest BCUT2D eigenvalue weighted by Crippen LogP contribution is -2.32. The Morgan fingerprint density at radius 1 is 1.50 bits per heavy atom. The lowest BCUT2D eigenvalue weighted by Gasteiger charge is -2.08. The van der Waals surface area contributed by atoms with Crippen molar-refractivity contribution in [1.82, 2.24) is 0 Å².